The van der Waals surface area contributed by atoms with Crippen LogP contribution in [0.4, 0.5) is 0 Å². The van der Waals surface area contributed by atoms with Gasteiger partial charge in [-0.2, -0.15) is 0 Å². The first-order chi connectivity index (χ1) is 36.9. The Labute approximate surface area is 454 Å². The average molecular weight is 1130 g/mol. The van der Waals surface area contributed by atoms with Crippen molar-refractivity contribution in [2.45, 2.75) is 139 Å². The lowest BCUT2D eigenvalue weighted by Gasteiger charge is -2.29. The second kappa shape index (κ2) is 34.7. The number of nitrogens with two attached hydrogens (primary N) is 5. The zero-order valence-corrected chi connectivity index (χ0v) is 44.4. The van der Waals surface area contributed by atoms with Crippen LogP contribution in [0.25, 0.3) is 0 Å². The number of aliphatic imine (C=N–C) groups is 2. The molecule has 0 saturated heterocycles. The van der Waals surface area contributed by atoms with Gasteiger partial charge in [0.1, 0.15) is 60.1 Å². The number of phenols is 1. The number of guanidine groups is 2. The zero-order valence-electron chi connectivity index (χ0n) is 44.4. The molecule has 0 radical (unpaired) electrons. The molecule has 0 saturated carbocycles. The van der Waals surface area contributed by atoms with Crippen LogP contribution in [0.5, 0.6) is 5.75 Å². The Balaban J connectivity index is 3.37. The van der Waals surface area contributed by atoms with E-state index in [4.69, 9.17) is 28.7 Å². The number of aromatic hydroxyl groups is 1. The van der Waals surface area contributed by atoms with Gasteiger partial charge in [0.05, 0.1) is 38.1 Å². The van der Waals surface area contributed by atoms with Crippen molar-refractivity contribution >= 4 is 71.1 Å². The molecule has 0 aliphatic heterocycles. The summed E-state index contributed by atoms with van der Waals surface area (Å²) in [6.07, 6.45) is -5.75. The van der Waals surface area contributed by atoms with Crippen LogP contribution in [0.15, 0.2) is 34.3 Å². The third-order valence-corrected chi connectivity index (χ3v) is 11.4. The second-order valence-electron chi connectivity index (χ2n) is 18.5. The summed E-state index contributed by atoms with van der Waals surface area (Å²) in [5, 5.41) is 90.9. The molecule has 1 aromatic carbocycles. The summed E-state index contributed by atoms with van der Waals surface area (Å²) in [6.45, 7) is 3.56. The van der Waals surface area contributed by atoms with Gasteiger partial charge in [-0.05, 0) is 70.1 Å². The molecule has 0 bridgehead atoms. The highest BCUT2D eigenvalue weighted by molar-refractivity contribution is 5.98. The third-order valence-electron chi connectivity index (χ3n) is 11.4. The molecular formula is C46H78N16O17. The molecule has 0 aliphatic rings. The highest BCUT2D eigenvalue weighted by Crippen LogP contribution is 2.13. The molecule has 33 nitrogen and oxygen atoms in total. The van der Waals surface area contributed by atoms with Crippen LogP contribution in [0, 0.1) is 5.92 Å². The van der Waals surface area contributed by atoms with Gasteiger partial charge in [-0.3, -0.25) is 53.1 Å². The number of benzene rings is 1. The Morgan fingerprint density at radius 3 is 1.33 bits per heavy atom. The highest BCUT2D eigenvalue weighted by Gasteiger charge is 2.37. The zero-order chi connectivity index (χ0) is 60.3. The van der Waals surface area contributed by atoms with Crippen molar-refractivity contribution in [3.05, 3.63) is 29.8 Å². The molecule has 33 heteroatoms. The number of hydrogen-bond acceptors (Lipinski definition) is 19. The number of phenolic OH excluding ortho intramolecular Hbond substituents is 1. The first kappa shape index (κ1) is 69.0. The van der Waals surface area contributed by atoms with Crippen LogP contribution in [-0.2, 0) is 54.4 Å². The van der Waals surface area contributed by atoms with Gasteiger partial charge in [-0.25, -0.2) is 4.79 Å². The molecule has 0 spiro atoms. The summed E-state index contributed by atoms with van der Waals surface area (Å²) in [4.78, 5) is 140. The average Bonchev–Trinajstić information content (AvgIpc) is 3.37. The maximum absolute atomic E-state index is 13.9. The Morgan fingerprint density at radius 2 is 0.899 bits per heavy atom. The quantitative estimate of drug-likeness (QED) is 0.0170. The van der Waals surface area contributed by atoms with Gasteiger partial charge in [0.2, 0.25) is 53.2 Å². The molecular weight excluding hydrogens is 1050 g/mol. The van der Waals surface area contributed by atoms with Crippen molar-refractivity contribution in [1.82, 2.24) is 47.9 Å². The molecule has 9 amide bonds. The standard InChI is InChI=1S/C46H78N16O17/c1-20(2)32(44(78)79)60-38(72)28(9-7-15-53-46(50)51)56-41(75)33(21(3)65)59-31(69)17-54-37(71)27(8-6-14-52-45(48)49)55-42(76)34(22(4)66)62-43(77)35(23(5)67)61-39(73)29(16-24-10-12-25(68)13-11-24)57-40(74)30(19-64)58-36(70)26(47)18-63/h10-13,20-23,26-30,32-35,63-68H,6-9,14-19,47H2,1-5H3,(H,54,71)(H,55,76)(H,56,75)(H,57,74)(H,58,70)(H,59,69)(H,60,72)(H,61,73)(H,62,77)(H,78,79)(H4,48,49,52)(H4,50,51,53)/t21-,22-,23-,26+,27+,28+,29+,30+,32+,33+,34+,35+/m1/s1. The van der Waals surface area contributed by atoms with E-state index in [1.165, 1.54) is 38.1 Å². The number of nitrogens with zero attached hydrogens (tertiary/aromatic N) is 2. The van der Waals surface area contributed by atoms with E-state index in [-0.39, 0.29) is 62.9 Å². The molecule has 0 fully saturated rings. The minimum absolute atomic E-state index is 0.00310. The highest BCUT2D eigenvalue weighted by atomic mass is 16.4. The van der Waals surface area contributed by atoms with E-state index in [0.717, 1.165) is 20.8 Å². The van der Waals surface area contributed by atoms with E-state index in [2.05, 4.69) is 57.8 Å². The SMILES string of the molecule is CC(C)[C@H](NC(=O)[C@H](CCCN=C(N)N)NC(=O)[C@@H](NC(=O)CNC(=O)[C@H](CCCN=C(N)N)NC(=O)[C@@H](NC(=O)[C@@H](NC(=O)[C@H](Cc1ccc(O)cc1)NC(=O)[C@H](CO)NC(=O)[C@@H](N)CO)[C@@H](C)O)[C@@H](C)O)[C@@H](C)O)C(=O)O. The Morgan fingerprint density at radius 1 is 0.506 bits per heavy atom. The topological polar surface area (TPSA) is 575 Å². The van der Waals surface area contributed by atoms with Gasteiger partial charge in [-0.1, -0.05) is 26.0 Å². The monoisotopic (exact) mass is 1130 g/mol. The van der Waals surface area contributed by atoms with Gasteiger partial charge in [0.15, 0.2) is 11.9 Å². The fourth-order valence-corrected chi connectivity index (χ4v) is 6.97. The molecule has 0 heterocycles. The number of aliphatic hydroxyl groups is 5. The van der Waals surface area contributed by atoms with Crippen molar-refractivity contribution < 1.29 is 83.7 Å². The summed E-state index contributed by atoms with van der Waals surface area (Å²) in [5.41, 5.74) is 27.4. The van der Waals surface area contributed by atoms with Crippen LogP contribution >= 0.6 is 0 Å². The number of carbonyl (C=O) groups is 10. The van der Waals surface area contributed by atoms with Gasteiger partial charge in [0, 0.05) is 19.5 Å². The minimum Gasteiger partial charge on any atom is -0.508 e. The number of rotatable bonds is 35. The number of amides is 9. The van der Waals surface area contributed by atoms with E-state index < -0.39 is 157 Å². The van der Waals surface area contributed by atoms with Gasteiger partial charge in [0.25, 0.3) is 0 Å². The van der Waals surface area contributed by atoms with Crippen molar-refractivity contribution in [1.29, 1.82) is 0 Å². The lowest BCUT2D eigenvalue weighted by atomic mass is 10.0. The molecule has 1 rings (SSSR count). The molecule has 12 atom stereocenters. The fraction of sp³-hybridized carbons (Fsp3) is 0.609. The van der Waals surface area contributed by atoms with Crippen LogP contribution in [-0.4, -0.2) is 212 Å². The smallest absolute Gasteiger partial charge is 0.326 e. The summed E-state index contributed by atoms with van der Waals surface area (Å²) in [7, 11) is 0. The van der Waals surface area contributed by atoms with Gasteiger partial charge < -0.3 is 112 Å². The molecule has 0 aromatic heterocycles. The van der Waals surface area contributed by atoms with Gasteiger partial charge >= 0.3 is 5.97 Å². The van der Waals surface area contributed by atoms with Crippen LogP contribution in [0.3, 0.4) is 0 Å². The number of hydrogen-bond donors (Lipinski definition) is 21. The van der Waals surface area contributed by atoms with E-state index in [0.29, 0.717) is 5.56 Å². The van der Waals surface area contributed by atoms with E-state index in [1.54, 1.807) is 0 Å². The largest absolute Gasteiger partial charge is 0.508 e. The lowest BCUT2D eigenvalue weighted by molar-refractivity contribution is -0.143. The van der Waals surface area contributed by atoms with Crippen LogP contribution in [0.1, 0.15) is 65.9 Å². The first-order valence-electron chi connectivity index (χ1n) is 24.8. The number of nitrogens with one attached hydrogen (secondary N) is 9. The molecule has 1 aromatic rings. The second-order valence-corrected chi connectivity index (χ2v) is 18.5. The van der Waals surface area contributed by atoms with Crippen molar-refractivity contribution in [2.75, 3.05) is 32.8 Å². The number of carboxylic acid groups (broad SMARTS) is 1. The molecule has 0 unspecified atom stereocenters. The van der Waals surface area contributed by atoms with E-state index >= 15 is 0 Å². The molecule has 444 valence electrons. The maximum Gasteiger partial charge on any atom is 0.326 e. The number of carbonyl (C=O) groups excluding carboxylic acids is 9. The van der Waals surface area contributed by atoms with Crippen molar-refractivity contribution in [3.63, 3.8) is 0 Å². The summed E-state index contributed by atoms with van der Waals surface area (Å²) >= 11 is 0. The summed E-state index contributed by atoms with van der Waals surface area (Å²) in [5.74, 6) is -12.6. The number of aliphatic hydroxyl groups excluding tert-OH is 5. The molecule has 79 heavy (non-hydrogen) atoms. The number of aliphatic carboxylic acids is 1. The van der Waals surface area contributed by atoms with Gasteiger partial charge in [-0.15, -0.1) is 0 Å². The predicted octanol–water partition coefficient (Wildman–Crippen LogP) is -9.77. The Hall–Kier alpha value is -7.98. The van der Waals surface area contributed by atoms with E-state index in [9.17, 15) is 83.7 Å². The predicted molar refractivity (Wildman–Crippen MR) is 280 cm³/mol. The first-order valence-corrected chi connectivity index (χ1v) is 24.8. The summed E-state index contributed by atoms with van der Waals surface area (Å²) < 4.78 is 0. The van der Waals surface area contributed by atoms with Crippen molar-refractivity contribution in [2.24, 2.45) is 44.6 Å². The lowest BCUT2D eigenvalue weighted by Crippen LogP contribution is -2.63. The Kier molecular flexibility index (Phi) is 30.3. The number of carboxylic acids is 1. The maximum atomic E-state index is 13.9. The fourth-order valence-electron chi connectivity index (χ4n) is 6.97. The van der Waals surface area contributed by atoms with Crippen LogP contribution < -0.4 is 76.5 Å². The summed E-state index contributed by atoms with van der Waals surface area (Å²) in [6, 6.07) is -9.51. The Bertz CT molecular complexity index is 2280. The molecule has 0 aliphatic carbocycles. The van der Waals surface area contributed by atoms with Crippen LogP contribution in [0.2, 0.25) is 0 Å². The third kappa shape index (κ3) is 25.4. The van der Waals surface area contributed by atoms with Crippen molar-refractivity contribution in [3.8, 4) is 5.75 Å². The normalized spacial score (nSPS) is 15.6. The molecule has 26 N–H and O–H groups in total. The minimum atomic E-state index is -1.94. The van der Waals surface area contributed by atoms with E-state index in [1.807, 2.05) is 0 Å².